The van der Waals surface area contributed by atoms with Gasteiger partial charge in [-0.05, 0) is 43.9 Å². The summed E-state index contributed by atoms with van der Waals surface area (Å²) in [6.45, 7) is 0.691. The second-order valence-electron chi connectivity index (χ2n) is 7.41. The van der Waals surface area contributed by atoms with E-state index in [1.54, 1.807) is 11.2 Å². The van der Waals surface area contributed by atoms with E-state index in [4.69, 9.17) is 4.42 Å². The number of fused-ring (bicyclic) bond motifs is 1. The van der Waals surface area contributed by atoms with Crippen molar-refractivity contribution in [3.05, 3.63) is 47.5 Å². The number of aryl methyl sites for hydroxylation is 1. The van der Waals surface area contributed by atoms with Crippen molar-refractivity contribution in [2.45, 2.75) is 44.3 Å². The highest BCUT2D eigenvalue weighted by molar-refractivity contribution is 5.80. The summed E-state index contributed by atoms with van der Waals surface area (Å²) in [5.74, 6) is 0.328. The van der Waals surface area contributed by atoms with E-state index < -0.39 is 11.7 Å². The maximum atomic E-state index is 13.3. The SMILES string of the molecule is O=C(NC1CCCc2occc21)C1CCCN(c2ncccc2C(F)(F)F)C1. The molecular weight excluding hydrogens is 371 g/mol. The Morgan fingerprint density at radius 3 is 2.93 bits per heavy atom. The van der Waals surface area contributed by atoms with Gasteiger partial charge in [-0.1, -0.05) is 0 Å². The largest absolute Gasteiger partial charge is 0.469 e. The molecule has 1 amide bonds. The molecule has 8 heteroatoms. The lowest BCUT2D eigenvalue weighted by Gasteiger charge is -2.35. The van der Waals surface area contributed by atoms with E-state index in [0.29, 0.717) is 19.4 Å². The van der Waals surface area contributed by atoms with Crippen LogP contribution in [0.1, 0.15) is 48.6 Å². The van der Waals surface area contributed by atoms with Crippen LogP contribution in [0.25, 0.3) is 0 Å². The Kier molecular flexibility index (Phi) is 5.03. The number of piperidine rings is 1. The van der Waals surface area contributed by atoms with Gasteiger partial charge >= 0.3 is 6.18 Å². The smallest absolute Gasteiger partial charge is 0.419 e. The van der Waals surface area contributed by atoms with Crippen LogP contribution in [0.5, 0.6) is 0 Å². The first kappa shape index (κ1) is 18.8. The Morgan fingerprint density at radius 2 is 2.11 bits per heavy atom. The van der Waals surface area contributed by atoms with Crippen molar-refractivity contribution < 1.29 is 22.4 Å². The lowest BCUT2D eigenvalue weighted by Crippen LogP contribution is -2.45. The van der Waals surface area contributed by atoms with E-state index in [1.165, 1.54) is 12.3 Å². The predicted octanol–water partition coefficient (Wildman–Crippen LogP) is 4.10. The van der Waals surface area contributed by atoms with Crippen LogP contribution in [0, 0.1) is 5.92 Å². The van der Waals surface area contributed by atoms with E-state index in [2.05, 4.69) is 10.3 Å². The van der Waals surface area contributed by atoms with Crippen LogP contribution in [0.2, 0.25) is 0 Å². The molecule has 5 nitrogen and oxygen atoms in total. The molecule has 0 saturated carbocycles. The molecule has 0 spiro atoms. The van der Waals surface area contributed by atoms with Gasteiger partial charge in [-0.3, -0.25) is 4.79 Å². The van der Waals surface area contributed by atoms with Crippen LogP contribution < -0.4 is 10.2 Å². The van der Waals surface area contributed by atoms with Crippen molar-refractivity contribution in [3.8, 4) is 0 Å². The normalized spacial score (nSPS) is 22.6. The summed E-state index contributed by atoms with van der Waals surface area (Å²) >= 11 is 0. The maximum absolute atomic E-state index is 13.3. The number of amides is 1. The number of rotatable bonds is 3. The summed E-state index contributed by atoms with van der Waals surface area (Å²) in [6.07, 6.45) is 2.46. The molecule has 1 N–H and O–H groups in total. The van der Waals surface area contributed by atoms with Gasteiger partial charge in [0, 0.05) is 31.3 Å². The number of furan rings is 1. The molecule has 2 aromatic rings. The Morgan fingerprint density at radius 1 is 1.25 bits per heavy atom. The summed E-state index contributed by atoms with van der Waals surface area (Å²) in [6, 6.07) is 4.11. The number of nitrogens with one attached hydrogen (secondary N) is 1. The fourth-order valence-corrected chi connectivity index (χ4v) is 4.18. The van der Waals surface area contributed by atoms with Crippen LogP contribution in [-0.4, -0.2) is 24.0 Å². The summed E-state index contributed by atoms with van der Waals surface area (Å²) in [4.78, 5) is 18.4. The fourth-order valence-electron chi connectivity index (χ4n) is 4.18. The summed E-state index contributed by atoms with van der Waals surface area (Å²) in [5, 5.41) is 3.08. The van der Waals surface area contributed by atoms with Crippen molar-refractivity contribution >= 4 is 11.7 Å². The van der Waals surface area contributed by atoms with Crippen LogP contribution >= 0.6 is 0 Å². The van der Waals surface area contributed by atoms with Crippen molar-refractivity contribution in [2.24, 2.45) is 5.92 Å². The zero-order valence-electron chi connectivity index (χ0n) is 15.3. The molecule has 28 heavy (non-hydrogen) atoms. The van der Waals surface area contributed by atoms with Crippen LogP contribution in [0.3, 0.4) is 0 Å². The van der Waals surface area contributed by atoms with Gasteiger partial charge in [-0.15, -0.1) is 0 Å². The Labute approximate surface area is 160 Å². The minimum absolute atomic E-state index is 0.0917. The van der Waals surface area contributed by atoms with Gasteiger partial charge in [-0.2, -0.15) is 13.2 Å². The third-order valence-corrected chi connectivity index (χ3v) is 5.55. The Balaban J connectivity index is 1.47. The highest BCUT2D eigenvalue weighted by Crippen LogP contribution is 2.37. The van der Waals surface area contributed by atoms with Gasteiger partial charge in [0.2, 0.25) is 5.91 Å². The van der Waals surface area contributed by atoms with Crippen molar-refractivity contribution in [1.29, 1.82) is 0 Å². The lowest BCUT2D eigenvalue weighted by atomic mass is 9.91. The monoisotopic (exact) mass is 393 g/mol. The predicted molar refractivity (Wildman–Crippen MR) is 96.7 cm³/mol. The lowest BCUT2D eigenvalue weighted by molar-refractivity contribution is -0.137. The number of alkyl halides is 3. The van der Waals surface area contributed by atoms with Gasteiger partial charge in [0.05, 0.1) is 23.8 Å². The Bertz CT molecular complexity index is 849. The standard InChI is InChI=1S/C20H22F3N3O2/c21-20(22,23)15-5-2-9-24-18(15)26-10-3-4-13(12-26)19(27)25-16-6-1-7-17-14(16)8-11-28-17/h2,5,8-9,11,13,16H,1,3-4,6-7,10,12H2,(H,25,27). The molecule has 150 valence electrons. The average Bonchev–Trinajstić information content (AvgIpc) is 3.17. The quantitative estimate of drug-likeness (QED) is 0.853. The molecule has 1 fully saturated rings. The second-order valence-corrected chi connectivity index (χ2v) is 7.41. The van der Waals surface area contributed by atoms with Gasteiger partial charge in [0.25, 0.3) is 0 Å². The van der Waals surface area contributed by atoms with Gasteiger partial charge in [0.15, 0.2) is 0 Å². The molecule has 2 unspecified atom stereocenters. The number of anilines is 1. The number of nitrogens with zero attached hydrogens (tertiary/aromatic N) is 2. The highest BCUT2D eigenvalue weighted by atomic mass is 19.4. The molecule has 2 aromatic heterocycles. The minimum atomic E-state index is -4.47. The molecule has 1 aliphatic carbocycles. The van der Waals surface area contributed by atoms with E-state index in [1.807, 2.05) is 6.07 Å². The number of aromatic nitrogens is 1. The molecule has 1 saturated heterocycles. The van der Waals surface area contributed by atoms with Crippen LogP contribution in [-0.2, 0) is 17.4 Å². The Hall–Kier alpha value is -2.51. The van der Waals surface area contributed by atoms with Crippen LogP contribution in [0.15, 0.2) is 35.1 Å². The van der Waals surface area contributed by atoms with Gasteiger partial charge in [0.1, 0.15) is 11.6 Å². The molecule has 2 aliphatic rings. The van der Waals surface area contributed by atoms with E-state index in [-0.39, 0.29) is 30.2 Å². The molecular formula is C20H22F3N3O2. The molecule has 0 bridgehead atoms. The van der Waals surface area contributed by atoms with E-state index >= 15 is 0 Å². The van der Waals surface area contributed by atoms with Crippen molar-refractivity contribution in [2.75, 3.05) is 18.0 Å². The first-order valence-electron chi connectivity index (χ1n) is 9.57. The van der Waals surface area contributed by atoms with Crippen molar-refractivity contribution in [3.63, 3.8) is 0 Å². The summed E-state index contributed by atoms with van der Waals surface area (Å²) in [7, 11) is 0. The van der Waals surface area contributed by atoms with E-state index in [0.717, 1.165) is 36.7 Å². The molecule has 0 radical (unpaired) electrons. The third-order valence-electron chi connectivity index (χ3n) is 5.55. The molecule has 1 aliphatic heterocycles. The highest BCUT2D eigenvalue weighted by Gasteiger charge is 2.37. The van der Waals surface area contributed by atoms with Crippen LogP contribution in [0.4, 0.5) is 19.0 Å². The number of pyridine rings is 1. The molecule has 2 atom stereocenters. The number of carbonyl (C=O) groups is 1. The first-order chi connectivity index (χ1) is 13.4. The third kappa shape index (κ3) is 3.72. The van der Waals surface area contributed by atoms with Gasteiger partial charge in [-0.25, -0.2) is 4.98 Å². The first-order valence-corrected chi connectivity index (χ1v) is 9.57. The fraction of sp³-hybridized carbons (Fsp3) is 0.500. The average molecular weight is 393 g/mol. The molecule has 0 aromatic carbocycles. The number of hydrogen-bond donors (Lipinski definition) is 1. The maximum Gasteiger partial charge on any atom is 0.419 e. The number of hydrogen-bond acceptors (Lipinski definition) is 4. The second kappa shape index (κ2) is 7.48. The minimum Gasteiger partial charge on any atom is -0.469 e. The van der Waals surface area contributed by atoms with E-state index in [9.17, 15) is 18.0 Å². The molecule has 4 rings (SSSR count). The van der Waals surface area contributed by atoms with Gasteiger partial charge < -0.3 is 14.6 Å². The molecule has 3 heterocycles. The number of carbonyl (C=O) groups excluding carboxylic acids is 1. The summed E-state index contributed by atoms with van der Waals surface area (Å²) in [5.41, 5.74) is 0.253. The zero-order valence-corrected chi connectivity index (χ0v) is 15.3. The zero-order chi connectivity index (χ0) is 19.7. The summed E-state index contributed by atoms with van der Waals surface area (Å²) < 4.78 is 45.4. The van der Waals surface area contributed by atoms with Crippen molar-refractivity contribution in [1.82, 2.24) is 10.3 Å². The topological polar surface area (TPSA) is 58.4 Å². The number of halogens is 3.